The number of rotatable bonds is 4. The topological polar surface area (TPSA) is 46.3 Å². The van der Waals surface area contributed by atoms with E-state index in [1.54, 1.807) is 0 Å². The second-order valence-corrected chi connectivity index (χ2v) is 5.94. The highest BCUT2D eigenvalue weighted by atomic mass is 79.9. The predicted octanol–water partition coefficient (Wildman–Crippen LogP) is 4.00. The van der Waals surface area contributed by atoms with Crippen molar-refractivity contribution >= 4 is 27.5 Å². The molecule has 110 valence electrons. The first-order chi connectivity index (χ1) is 10.0. The number of amides is 1. The number of anilines is 1. The fourth-order valence-electron chi connectivity index (χ4n) is 2.21. The molecule has 1 amide bonds. The van der Waals surface area contributed by atoms with E-state index < -0.39 is 0 Å². The molecule has 0 fully saturated rings. The lowest BCUT2D eigenvalue weighted by molar-refractivity contribution is 0.0752. The molecule has 4 heteroatoms. The van der Waals surface area contributed by atoms with Crippen LogP contribution in [0, 0.1) is 6.92 Å². The fraction of sp³-hybridized carbons (Fsp3) is 0.235. The summed E-state index contributed by atoms with van der Waals surface area (Å²) in [4.78, 5) is 14.5. The van der Waals surface area contributed by atoms with E-state index in [1.165, 1.54) is 0 Å². The zero-order valence-corrected chi connectivity index (χ0v) is 13.9. The Labute approximate surface area is 133 Å². The van der Waals surface area contributed by atoms with Gasteiger partial charge >= 0.3 is 0 Å². The van der Waals surface area contributed by atoms with Gasteiger partial charge in [-0.1, -0.05) is 28.1 Å². The average Bonchev–Trinajstić information content (AvgIpc) is 2.46. The summed E-state index contributed by atoms with van der Waals surface area (Å²) in [5.74, 6) is 0.0549. The first kappa shape index (κ1) is 15.6. The minimum Gasteiger partial charge on any atom is -0.399 e. The van der Waals surface area contributed by atoms with Gasteiger partial charge in [0.2, 0.25) is 0 Å². The molecule has 0 bridgehead atoms. The summed E-state index contributed by atoms with van der Waals surface area (Å²) in [6.07, 6.45) is 0. The van der Waals surface area contributed by atoms with Crippen molar-refractivity contribution < 1.29 is 4.79 Å². The molecule has 0 heterocycles. The van der Waals surface area contributed by atoms with Crippen molar-refractivity contribution in [2.75, 3.05) is 12.3 Å². The van der Waals surface area contributed by atoms with Gasteiger partial charge in [0.15, 0.2) is 0 Å². The molecular formula is C17H19BrN2O. The molecule has 0 saturated heterocycles. The molecule has 2 N–H and O–H groups in total. The highest BCUT2D eigenvalue weighted by Crippen LogP contribution is 2.18. The number of halogens is 1. The number of carbonyl (C=O) groups excluding carboxylic acids is 1. The molecule has 0 aliphatic heterocycles. The van der Waals surface area contributed by atoms with Gasteiger partial charge in [0, 0.05) is 28.8 Å². The number of nitrogens with zero attached hydrogens (tertiary/aromatic N) is 1. The average molecular weight is 347 g/mol. The van der Waals surface area contributed by atoms with Crippen LogP contribution in [0.15, 0.2) is 46.9 Å². The number of benzene rings is 2. The lowest BCUT2D eigenvalue weighted by atomic mass is 10.1. The maximum atomic E-state index is 12.7. The molecule has 21 heavy (non-hydrogen) atoms. The smallest absolute Gasteiger partial charge is 0.254 e. The number of aryl methyl sites for hydroxylation is 1. The lowest BCUT2D eigenvalue weighted by Crippen LogP contribution is -2.30. The Bertz CT molecular complexity index is 638. The lowest BCUT2D eigenvalue weighted by Gasteiger charge is -2.22. The summed E-state index contributed by atoms with van der Waals surface area (Å²) in [5.41, 5.74) is 9.22. The number of nitrogens with two attached hydrogens (primary N) is 1. The minimum absolute atomic E-state index is 0.0549. The van der Waals surface area contributed by atoms with Crippen molar-refractivity contribution in [3.05, 3.63) is 63.6 Å². The van der Waals surface area contributed by atoms with Crippen LogP contribution in [0.5, 0.6) is 0 Å². The highest BCUT2D eigenvalue weighted by molar-refractivity contribution is 9.10. The third-order valence-corrected chi connectivity index (χ3v) is 3.93. The molecule has 0 unspecified atom stereocenters. The maximum absolute atomic E-state index is 12.7. The van der Waals surface area contributed by atoms with Crippen molar-refractivity contribution in [2.24, 2.45) is 0 Å². The van der Waals surface area contributed by atoms with E-state index in [1.807, 2.05) is 61.2 Å². The zero-order valence-electron chi connectivity index (χ0n) is 12.3. The first-order valence-corrected chi connectivity index (χ1v) is 7.70. The van der Waals surface area contributed by atoms with Crippen molar-refractivity contribution in [1.82, 2.24) is 4.90 Å². The summed E-state index contributed by atoms with van der Waals surface area (Å²) in [5, 5.41) is 0. The van der Waals surface area contributed by atoms with Gasteiger partial charge in [-0.3, -0.25) is 4.79 Å². The Kier molecular flexibility index (Phi) is 5.02. The molecule has 0 aliphatic rings. The number of hydrogen-bond donors (Lipinski definition) is 1. The van der Waals surface area contributed by atoms with Gasteiger partial charge in [-0.25, -0.2) is 0 Å². The van der Waals surface area contributed by atoms with E-state index in [0.29, 0.717) is 13.1 Å². The summed E-state index contributed by atoms with van der Waals surface area (Å²) in [6.45, 7) is 5.20. The van der Waals surface area contributed by atoms with Gasteiger partial charge in [0.25, 0.3) is 5.91 Å². The monoisotopic (exact) mass is 346 g/mol. The van der Waals surface area contributed by atoms with Crippen LogP contribution in [0.2, 0.25) is 0 Å². The van der Waals surface area contributed by atoms with Gasteiger partial charge in [-0.15, -0.1) is 0 Å². The Balaban J connectivity index is 2.20. The molecule has 0 atom stereocenters. The van der Waals surface area contributed by atoms with Crippen LogP contribution in [-0.4, -0.2) is 17.4 Å². The Morgan fingerprint density at radius 1 is 1.19 bits per heavy atom. The fourth-order valence-corrected chi connectivity index (χ4v) is 2.68. The van der Waals surface area contributed by atoms with Crippen LogP contribution in [0.1, 0.15) is 28.4 Å². The molecule has 0 aliphatic carbocycles. The van der Waals surface area contributed by atoms with E-state index in [-0.39, 0.29) is 5.91 Å². The van der Waals surface area contributed by atoms with Crippen molar-refractivity contribution in [3.8, 4) is 0 Å². The van der Waals surface area contributed by atoms with Crippen molar-refractivity contribution in [3.63, 3.8) is 0 Å². The summed E-state index contributed by atoms with van der Waals surface area (Å²) < 4.78 is 0.984. The minimum atomic E-state index is 0.0549. The molecule has 2 aromatic rings. The third-order valence-electron chi connectivity index (χ3n) is 3.44. The van der Waals surface area contributed by atoms with E-state index in [4.69, 9.17) is 5.73 Å². The van der Waals surface area contributed by atoms with Gasteiger partial charge in [-0.2, -0.15) is 0 Å². The molecule has 2 rings (SSSR count). The molecule has 0 radical (unpaired) electrons. The SMILES string of the molecule is CCN(Cc1ccc(N)cc1)C(=O)c1ccc(Br)cc1C. The normalized spacial score (nSPS) is 10.4. The molecule has 0 saturated carbocycles. The van der Waals surface area contributed by atoms with Crippen molar-refractivity contribution in [1.29, 1.82) is 0 Å². The van der Waals surface area contributed by atoms with Crippen LogP contribution >= 0.6 is 15.9 Å². The predicted molar refractivity (Wildman–Crippen MR) is 90.1 cm³/mol. The van der Waals surface area contributed by atoms with Crippen LogP contribution in [0.25, 0.3) is 0 Å². The molecule has 3 nitrogen and oxygen atoms in total. The van der Waals surface area contributed by atoms with Gasteiger partial charge in [0.1, 0.15) is 0 Å². The van der Waals surface area contributed by atoms with Crippen molar-refractivity contribution in [2.45, 2.75) is 20.4 Å². The van der Waals surface area contributed by atoms with Crippen LogP contribution < -0.4 is 5.73 Å². The van der Waals surface area contributed by atoms with Crippen LogP contribution in [-0.2, 0) is 6.54 Å². The van der Waals surface area contributed by atoms with Crippen LogP contribution in [0.3, 0.4) is 0 Å². The summed E-state index contributed by atoms with van der Waals surface area (Å²) >= 11 is 3.42. The molecule has 0 spiro atoms. The standard InChI is InChI=1S/C17H19BrN2O/c1-3-20(11-13-4-7-15(19)8-5-13)17(21)16-9-6-14(18)10-12(16)2/h4-10H,3,11,19H2,1-2H3. The van der Waals surface area contributed by atoms with E-state index >= 15 is 0 Å². The van der Waals surface area contributed by atoms with E-state index in [0.717, 1.165) is 26.9 Å². The van der Waals surface area contributed by atoms with Gasteiger partial charge in [0.05, 0.1) is 0 Å². The van der Waals surface area contributed by atoms with E-state index in [9.17, 15) is 4.79 Å². The number of nitrogen functional groups attached to an aromatic ring is 1. The Hall–Kier alpha value is -1.81. The van der Waals surface area contributed by atoms with Gasteiger partial charge < -0.3 is 10.6 Å². The summed E-state index contributed by atoms with van der Waals surface area (Å²) in [7, 11) is 0. The molecule has 0 aromatic heterocycles. The molecular weight excluding hydrogens is 328 g/mol. The number of hydrogen-bond acceptors (Lipinski definition) is 2. The zero-order chi connectivity index (χ0) is 15.4. The number of carbonyl (C=O) groups is 1. The largest absolute Gasteiger partial charge is 0.399 e. The summed E-state index contributed by atoms with van der Waals surface area (Å²) in [6, 6.07) is 13.4. The van der Waals surface area contributed by atoms with E-state index in [2.05, 4.69) is 15.9 Å². The Morgan fingerprint density at radius 3 is 2.43 bits per heavy atom. The molecule has 2 aromatic carbocycles. The van der Waals surface area contributed by atoms with Gasteiger partial charge in [-0.05, 0) is 55.3 Å². The third kappa shape index (κ3) is 3.85. The van der Waals surface area contributed by atoms with Crippen LogP contribution in [0.4, 0.5) is 5.69 Å². The quantitative estimate of drug-likeness (QED) is 0.850. The second kappa shape index (κ2) is 6.76. The first-order valence-electron chi connectivity index (χ1n) is 6.91. The highest BCUT2D eigenvalue weighted by Gasteiger charge is 2.16. The Morgan fingerprint density at radius 2 is 1.86 bits per heavy atom. The maximum Gasteiger partial charge on any atom is 0.254 e. The second-order valence-electron chi connectivity index (χ2n) is 5.02.